The summed E-state index contributed by atoms with van der Waals surface area (Å²) in [5.74, 6) is 1.55. The molecule has 0 aromatic carbocycles. The second-order valence-corrected chi connectivity index (χ2v) is 33.9. The number of aliphatic hydroxyl groups is 4. The lowest BCUT2D eigenvalue weighted by molar-refractivity contribution is -0.112. The van der Waals surface area contributed by atoms with Crippen molar-refractivity contribution < 1.29 is 30.0 Å². The lowest BCUT2D eigenvalue weighted by atomic mass is 10.1. The summed E-state index contributed by atoms with van der Waals surface area (Å²) in [5.41, 5.74) is 0. The van der Waals surface area contributed by atoms with E-state index in [9.17, 15) is 30.0 Å². The van der Waals surface area contributed by atoms with Crippen molar-refractivity contribution in [2.75, 3.05) is 77.0 Å². The number of nitrogens with zero attached hydrogens (tertiary/aromatic N) is 4. The number of piperazine rings is 1. The topological polar surface area (TPSA) is 128 Å². The van der Waals surface area contributed by atoms with Crippen molar-refractivity contribution in [1.29, 1.82) is 0 Å². The Balaban J connectivity index is 2.60. The molecular formula is C90H172N4O6S2. The molecule has 0 saturated carbocycles. The fourth-order valence-corrected chi connectivity index (χ4v) is 16.3. The molecule has 0 radical (unpaired) electrons. The summed E-state index contributed by atoms with van der Waals surface area (Å²) in [6, 6.07) is 0.727. The molecule has 1 heterocycles. The summed E-state index contributed by atoms with van der Waals surface area (Å²) < 4.78 is 0. The van der Waals surface area contributed by atoms with Crippen LogP contribution in [0.5, 0.6) is 0 Å². The highest BCUT2D eigenvalue weighted by atomic mass is 32.2. The highest BCUT2D eigenvalue weighted by Gasteiger charge is 2.29. The molecule has 6 unspecified atom stereocenters. The molecule has 6 atom stereocenters. The smallest absolute Gasteiger partial charge is 0.189 e. The van der Waals surface area contributed by atoms with Gasteiger partial charge in [0.25, 0.3) is 0 Å². The standard InChI is InChI=1S/C90H172N4O6S2/c1-7-11-15-19-23-27-31-35-39-43-47-51-55-59-65-85(95)79-91(80-86(96)66-60-56-52-48-44-40-36-32-28-24-20-16-12-8-2)71-63-69-89(99)101-75-73-93-77-84(6)94(78-83(93)5)74-76-102-90(100)70-64-72-92(81-87(97)67-61-57-53-49-45-41-37-33-29-25-21-17-13-9-3)82-88(98)68-62-58-54-50-46-42-38-34-30-26-22-18-14-10-4/h35-42,83-88,95-98H,7-34,43-82H2,1-6H3/b39-35-,40-36-,41-37-,42-38-. The second-order valence-electron chi connectivity index (χ2n) is 31.5. The Morgan fingerprint density at radius 3 is 0.755 bits per heavy atom. The average molecular weight is 1470 g/mol. The van der Waals surface area contributed by atoms with Gasteiger partial charge in [0, 0.05) is 88.8 Å². The van der Waals surface area contributed by atoms with Crippen LogP contribution in [0.1, 0.15) is 401 Å². The molecule has 1 fully saturated rings. The van der Waals surface area contributed by atoms with Gasteiger partial charge in [-0.15, -0.1) is 0 Å². The number of carbonyl (C=O) groups excluding carboxylic acids is 2. The largest absolute Gasteiger partial charge is 0.392 e. The number of thioether (sulfide) groups is 2. The summed E-state index contributed by atoms with van der Waals surface area (Å²) in [6.07, 6.45) is 83.0. The van der Waals surface area contributed by atoms with Gasteiger partial charge in [0.1, 0.15) is 0 Å². The summed E-state index contributed by atoms with van der Waals surface area (Å²) in [6.45, 7) is 21.0. The van der Waals surface area contributed by atoms with E-state index in [0.29, 0.717) is 64.2 Å². The van der Waals surface area contributed by atoms with Gasteiger partial charge in [-0.25, -0.2) is 0 Å². The van der Waals surface area contributed by atoms with Gasteiger partial charge in [-0.3, -0.25) is 29.2 Å². The monoisotopic (exact) mass is 1470 g/mol. The Morgan fingerprint density at radius 1 is 0.324 bits per heavy atom. The third-order valence-corrected chi connectivity index (χ3v) is 23.1. The number of carbonyl (C=O) groups is 2. The van der Waals surface area contributed by atoms with Gasteiger partial charge >= 0.3 is 0 Å². The normalized spacial score (nSPS) is 16.2. The zero-order chi connectivity index (χ0) is 74.1. The first-order chi connectivity index (χ1) is 49.9. The average Bonchev–Trinajstić information content (AvgIpc) is 0.849. The molecule has 0 amide bonds. The van der Waals surface area contributed by atoms with Crippen molar-refractivity contribution >= 4 is 33.8 Å². The first kappa shape index (κ1) is 98.7. The fourth-order valence-electron chi connectivity index (χ4n) is 14.7. The van der Waals surface area contributed by atoms with E-state index in [0.717, 1.165) is 153 Å². The van der Waals surface area contributed by atoms with Gasteiger partial charge < -0.3 is 20.4 Å². The molecule has 1 aliphatic heterocycles. The molecule has 4 N–H and O–H groups in total. The van der Waals surface area contributed by atoms with Gasteiger partial charge in [0.15, 0.2) is 10.2 Å². The van der Waals surface area contributed by atoms with Crippen molar-refractivity contribution in [3.63, 3.8) is 0 Å². The molecular weight excluding hydrogens is 1300 g/mol. The number of hydrogen-bond acceptors (Lipinski definition) is 12. The molecule has 0 spiro atoms. The minimum Gasteiger partial charge on any atom is -0.392 e. The van der Waals surface area contributed by atoms with E-state index in [1.54, 1.807) is 0 Å². The highest BCUT2D eigenvalue weighted by molar-refractivity contribution is 8.13. The van der Waals surface area contributed by atoms with Crippen molar-refractivity contribution in [2.45, 2.75) is 438 Å². The first-order valence-corrected chi connectivity index (χ1v) is 46.4. The Bertz CT molecular complexity index is 1680. The van der Waals surface area contributed by atoms with Crippen LogP contribution < -0.4 is 0 Å². The Kier molecular flexibility index (Phi) is 74.0. The van der Waals surface area contributed by atoms with Gasteiger partial charge in [-0.05, 0) is 168 Å². The first-order valence-electron chi connectivity index (χ1n) is 44.5. The van der Waals surface area contributed by atoms with E-state index in [2.05, 4.69) is 110 Å². The maximum absolute atomic E-state index is 13.4. The van der Waals surface area contributed by atoms with Crippen LogP contribution in [0.3, 0.4) is 0 Å². The fraction of sp³-hybridized carbons (Fsp3) is 0.889. The number of hydrogen-bond donors (Lipinski definition) is 4. The van der Waals surface area contributed by atoms with Gasteiger partial charge in [-0.1, -0.05) is 305 Å². The van der Waals surface area contributed by atoms with Crippen LogP contribution >= 0.6 is 23.5 Å². The van der Waals surface area contributed by atoms with Gasteiger partial charge in [-0.2, -0.15) is 0 Å². The van der Waals surface area contributed by atoms with E-state index in [4.69, 9.17) is 0 Å². The van der Waals surface area contributed by atoms with Crippen LogP contribution in [-0.2, 0) is 9.59 Å². The van der Waals surface area contributed by atoms with Crippen molar-refractivity contribution in [3.8, 4) is 0 Å². The third-order valence-electron chi connectivity index (χ3n) is 21.3. The summed E-state index contributed by atoms with van der Waals surface area (Å²) in [7, 11) is 0. The zero-order valence-electron chi connectivity index (χ0n) is 68.4. The van der Waals surface area contributed by atoms with Crippen LogP contribution in [0, 0.1) is 0 Å². The summed E-state index contributed by atoms with van der Waals surface area (Å²) in [4.78, 5) is 36.3. The van der Waals surface area contributed by atoms with Crippen molar-refractivity contribution in [1.82, 2.24) is 19.6 Å². The third kappa shape index (κ3) is 66.8. The zero-order valence-corrected chi connectivity index (χ0v) is 70.0. The number of rotatable bonds is 78. The van der Waals surface area contributed by atoms with Gasteiger partial charge in [0.05, 0.1) is 24.4 Å². The summed E-state index contributed by atoms with van der Waals surface area (Å²) in [5, 5.41) is 45.5. The molecule has 0 bridgehead atoms. The molecule has 10 nitrogen and oxygen atoms in total. The molecule has 102 heavy (non-hydrogen) atoms. The Hall–Kier alpha value is -1.32. The van der Waals surface area contributed by atoms with Crippen LogP contribution in [0.2, 0.25) is 0 Å². The molecule has 1 saturated heterocycles. The number of aliphatic hydroxyl groups excluding tert-OH is 4. The maximum Gasteiger partial charge on any atom is 0.189 e. The molecule has 0 aromatic heterocycles. The molecule has 1 rings (SSSR count). The molecule has 0 aromatic rings. The lowest BCUT2D eigenvalue weighted by Gasteiger charge is -2.44. The molecule has 12 heteroatoms. The lowest BCUT2D eigenvalue weighted by Crippen LogP contribution is -2.57. The summed E-state index contributed by atoms with van der Waals surface area (Å²) >= 11 is 2.93. The van der Waals surface area contributed by atoms with Crippen LogP contribution in [-0.4, -0.2) is 164 Å². The number of unbranched alkanes of at least 4 members (excludes halogenated alkanes) is 40. The molecule has 1 aliphatic rings. The predicted octanol–water partition coefficient (Wildman–Crippen LogP) is 24.1. The molecule has 600 valence electrons. The minimum atomic E-state index is -0.426. The predicted molar refractivity (Wildman–Crippen MR) is 452 cm³/mol. The van der Waals surface area contributed by atoms with Crippen LogP contribution in [0.25, 0.3) is 0 Å². The van der Waals surface area contributed by atoms with Crippen LogP contribution in [0.15, 0.2) is 48.6 Å². The quantitative estimate of drug-likeness (QED) is 0.0342. The van der Waals surface area contributed by atoms with E-state index < -0.39 is 24.4 Å². The van der Waals surface area contributed by atoms with Crippen LogP contribution in [0.4, 0.5) is 0 Å². The van der Waals surface area contributed by atoms with Crippen molar-refractivity contribution in [2.24, 2.45) is 0 Å². The highest BCUT2D eigenvalue weighted by Crippen LogP contribution is 2.22. The van der Waals surface area contributed by atoms with Gasteiger partial charge in [0.2, 0.25) is 0 Å². The Labute approximate surface area is 642 Å². The Morgan fingerprint density at radius 2 is 0.529 bits per heavy atom. The van der Waals surface area contributed by atoms with E-state index >= 15 is 0 Å². The second kappa shape index (κ2) is 76.4. The van der Waals surface area contributed by atoms with E-state index in [-0.39, 0.29) is 10.2 Å². The number of allylic oxidation sites excluding steroid dienone is 8. The van der Waals surface area contributed by atoms with Crippen molar-refractivity contribution in [3.05, 3.63) is 48.6 Å². The molecule has 0 aliphatic carbocycles. The van der Waals surface area contributed by atoms with E-state index in [1.807, 2.05) is 0 Å². The minimum absolute atomic E-state index is 0.233. The SMILES string of the molecule is CCCCCCCC/C=C\CCCCCCC(O)CN(CCCC(=O)SCCN1CC(C)N(CCSC(=O)CCCN(CC(O)CCCCCC/C=C\CCCCCCCC)CC(O)CCCCCC/C=C\CCCCCCCC)CC1C)CC(O)CCCCCC/C=C\CCCCCCCC. The maximum atomic E-state index is 13.4. The van der Waals surface area contributed by atoms with E-state index in [1.165, 1.54) is 255 Å².